The van der Waals surface area contributed by atoms with Crippen LogP contribution in [0.25, 0.3) is 0 Å². The van der Waals surface area contributed by atoms with Crippen LogP contribution in [0.15, 0.2) is 0 Å². The molecule has 2 fully saturated rings. The Labute approximate surface area is 122 Å². The number of ether oxygens (including phenoxy) is 1. The van der Waals surface area contributed by atoms with Gasteiger partial charge in [-0.25, -0.2) is 0 Å². The van der Waals surface area contributed by atoms with Gasteiger partial charge in [-0.1, -0.05) is 0 Å². The van der Waals surface area contributed by atoms with Gasteiger partial charge in [0, 0.05) is 33.3 Å². The van der Waals surface area contributed by atoms with Gasteiger partial charge >= 0.3 is 0 Å². The van der Waals surface area contributed by atoms with Gasteiger partial charge in [0.25, 0.3) is 0 Å². The van der Waals surface area contributed by atoms with Crippen molar-refractivity contribution in [2.45, 2.75) is 25.7 Å². The van der Waals surface area contributed by atoms with Crippen LogP contribution >= 0.6 is 12.2 Å². The Morgan fingerprint density at radius 1 is 1.21 bits per heavy atom. The van der Waals surface area contributed by atoms with Crippen molar-refractivity contribution in [1.82, 2.24) is 15.1 Å². The molecule has 4 nitrogen and oxygen atoms in total. The van der Waals surface area contributed by atoms with E-state index in [0.717, 1.165) is 30.7 Å². The second-order valence-electron chi connectivity index (χ2n) is 5.66. The number of hydrogen-bond acceptors (Lipinski definition) is 3. The summed E-state index contributed by atoms with van der Waals surface area (Å²) in [6.45, 7) is 7.68. The summed E-state index contributed by atoms with van der Waals surface area (Å²) in [4.78, 5) is 4.95. The third-order valence-electron chi connectivity index (χ3n) is 4.20. The number of nitrogens with zero attached hydrogens (tertiary/aromatic N) is 2. The molecule has 0 amide bonds. The van der Waals surface area contributed by atoms with E-state index in [-0.39, 0.29) is 0 Å². The van der Waals surface area contributed by atoms with E-state index in [0.29, 0.717) is 6.61 Å². The zero-order valence-electron chi connectivity index (χ0n) is 12.1. The van der Waals surface area contributed by atoms with Crippen LogP contribution in [0, 0.1) is 5.92 Å². The Hall–Kier alpha value is -0.390. The minimum atomic E-state index is 0.714. The van der Waals surface area contributed by atoms with E-state index in [1.54, 1.807) is 7.11 Å². The van der Waals surface area contributed by atoms with Crippen molar-refractivity contribution < 1.29 is 4.74 Å². The lowest BCUT2D eigenvalue weighted by atomic mass is 9.96. The highest BCUT2D eigenvalue weighted by Gasteiger charge is 2.23. The molecule has 0 bridgehead atoms. The van der Waals surface area contributed by atoms with Crippen molar-refractivity contribution in [3.05, 3.63) is 0 Å². The molecule has 2 aliphatic rings. The summed E-state index contributed by atoms with van der Waals surface area (Å²) in [5, 5.41) is 4.16. The van der Waals surface area contributed by atoms with Gasteiger partial charge in [0.2, 0.25) is 0 Å². The molecule has 2 saturated heterocycles. The molecule has 0 aromatic heterocycles. The highest BCUT2D eigenvalue weighted by atomic mass is 32.1. The topological polar surface area (TPSA) is 27.7 Å². The Morgan fingerprint density at radius 2 is 1.89 bits per heavy atom. The Balaban J connectivity index is 1.62. The standard InChI is InChI=1S/C14H27N3OS/c1-18-11-6-15-14(19)17-9-4-13(5-10-17)12-16-7-2-3-8-16/h13H,2-12H2,1H3,(H,15,19). The quantitative estimate of drug-likeness (QED) is 0.607. The Bertz CT molecular complexity index is 274. The van der Waals surface area contributed by atoms with Gasteiger partial charge in [0.1, 0.15) is 0 Å². The lowest BCUT2D eigenvalue weighted by Crippen LogP contribution is -2.46. The second-order valence-corrected chi connectivity index (χ2v) is 6.05. The Morgan fingerprint density at radius 3 is 2.53 bits per heavy atom. The van der Waals surface area contributed by atoms with Crippen molar-refractivity contribution in [2.75, 3.05) is 53.0 Å². The van der Waals surface area contributed by atoms with Crippen LogP contribution in [-0.2, 0) is 4.74 Å². The molecule has 0 unspecified atom stereocenters. The summed E-state index contributed by atoms with van der Waals surface area (Å²) in [7, 11) is 1.72. The number of likely N-dealkylation sites (tertiary alicyclic amines) is 2. The van der Waals surface area contributed by atoms with Crippen molar-refractivity contribution >= 4 is 17.3 Å². The summed E-state index contributed by atoms with van der Waals surface area (Å²) >= 11 is 5.42. The maximum absolute atomic E-state index is 5.42. The molecule has 0 spiro atoms. The van der Waals surface area contributed by atoms with Crippen molar-refractivity contribution in [1.29, 1.82) is 0 Å². The van der Waals surface area contributed by atoms with Gasteiger partial charge in [-0.2, -0.15) is 0 Å². The van der Waals surface area contributed by atoms with E-state index in [2.05, 4.69) is 15.1 Å². The smallest absolute Gasteiger partial charge is 0.169 e. The van der Waals surface area contributed by atoms with Gasteiger partial charge in [0.05, 0.1) is 6.61 Å². The number of thiocarbonyl (C=S) groups is 1. The molecule has 2 heterocycles. The molecule has 0 aromatic rings. The summed E-state index contributed by atoms with van der Waals surface area (Å²) in [5.74, 6) is 0.871. The zero-order chi connectivity index (χ0) is 13.5. The molecule has 110 valence electrons. The van der Waals surface area contributed by atoms with E-state index >= 15 is 0 Å². The molecule has 2 rings (SSSR count). The fourth-order valence-corrected chi connectivity index (χ4v) is 3.31. The third kappa shape index (κ3) is 4.89. The molecular weight excluding hydrogens is 258 g/mol. The number of nitrogens with one attached hydrogen (secondary N) is 1. The normalized spacial score (nSPS) is 21.8. The Kier molecular flexibility index (Phi) is 6.34. The molecular formula is C14H27N3OS. The molecule has 0 atom stereocenters. The minimum Gasteiger partial charge on any atom is -0.383 e. The first-order valence-electron chi connectivity index (χ1n) is 7.53. The minimum absolute atomic E-state index is 0.714. The molecule has 0 saturated carbocycles. The van der Waals surface area contributed by atoms with Crippen LogP contribution in [-0.4, -0.2) is 67.9 Å². The maximum atomic E-state index is 5.42. The van der Waals surface area contributed by atoms with E-state index in [4.69, 9.17) is 17.0 Å². The van der Waals surface area contributed by atoms with Crippen molar-refractivity contribution in [3.63, 3.8) is 0 Å². The second kappa shape index (κ2) is 8.02. The first-order valence-corrected chi connectivity index (χ1v) is 7.94. The molecule has 0 aliphatic carbocycles. The molecule has 0 aromatic carbocycles. The van der Waals surface area contributed by atoms with Crippen LogP contribution in [0.2, 0.25) is 0 Å². The highest BCUT2D eigenvalue weighted by molar-refractivity contribution is 7.80. The first-order chi connectivity index (χ1) is 9.29. The van der Waals surface area contributed by atoms with Gasteiger partial charge in [-0.05, 0) is 56.9 Å². The number of piperidine rings is 1. The van der Waals surface area contributed by atoms with Crippen molar-refractivity contribution in [3.8, 4) is 0 Å². The van der Waals surface area contributed by atoms with E-state index in [1.165, 1.54) is 45.3 Å². The van der Waals surface area contributed by atoms with Gasteiger partial charge in [-0.3, -0.25) is 0 Å². The van der Waals surface area contributed by atoms with Crippen LogP contribution in [0.1, 0.15) is 25.7 Å². The lowest BCUT2D eigenvalue weighted by Gasteiger charge is -2.35. The molecule has 19 heavy (non-hydrogen) atoms. The number of rotatable bonds is 5. The van der Waals surface area contributed by atoms with E-state index in [1.807, 2.05) is 0 Å². The SMILES string of the molecule is COCCNC(=S)N1CCC(CN2CCCC2)CC1. The number of hydrogen-bond donors (Lipinski definition) is 1. The predicted octanol–water partition coefficient (Wildman–Crippen LogP) is 1.32. The predicted molar refractivity (Wildman–Crippen MR) is 82.4 cm³/mol. The van der Waals surface area contributed by atoms with E-state index in [9.17, 15) is 0 Å². The zero-order valence-corrected chi connectivity index (χ0v) is 12.9. The summed E-state index contributed by atoms with van der Waals surface area (Å²) in [6, 6.07) is 0. The van der Waals surface area contributed by atoms with Crippen LogP contribution in [0.4, 0.5) is 0 Å². The van der Waals surface area contributed by atoms with Crippen LogP contribution in [0.3, 0.4) is 0 Å². The van der Waals surface area contributed by atoms with Gasteiger partial charge in [0.15, 0.2) is 5.11 Å². The maximum Gasteiger partial charge on any atom is 0.169 e. The summed E-state index contributed by atoms with van der Waals surface area (Å²) in [6.07, 6.45) is 5.35. The monoisotopic (exact) mass is 285 g/mol. The molecule has 1 N–H and O–H groups in total. The van der Waals surface area contributed by atoms with Gasteiger partial charge in [-0.15, -0.1) is 0 Å². The van der Waals surface area contributed by atoms with Crippen LogP contribution in [0.5, 0.6) is 0 Å². The third-order valence-corrected chi connectivity index (χ3v) is 4.60. The number of methoxy groups -OCH3 is 1. The molecule has 2 aliphatic heterocycles. The van der Waals surface area contributed by atoms with E-state index < -0.39 is 0 Å². The van der Waals surface area contributed by atoms with Crippen molar-refractivity contribution in [2.24, 2.45) is 5.92 Å². The fraction of sp³-hybridized carbons (Fsp3) is 0.929. The first kappa shape index (κ1) is 15.0. The molecule has 0 radical (unpaired) electrons. The average Bonchev–Trinajstić information content (AvgIpc) is 2.93. The van der Waals surface area contributed by atoms with Gasteiger partial charge < -0.3 is 19.9 Å². The average molecular weight is 285 g/mol. The largest absolute Gasteiger partial charge is 0.383 e. The molecule has 5 heteroatoms. The lowest BCUT2D eigenvalue weighted by molar-refractivity contribution is 0.193. The summed E-state index contributed by atoms with van der Waals surface area (Å²) < 4.78 is 5.02. The highest BCUT2D eigenvalue weighted by Crippen LogP contribution is 2.20. The fourth-order valence-electron chi connectivity index (χ4n) is 3.02. The van der Waals surface area contributed by atoms with Crippen LogP contribution < -0.4 is 5.32 Å². The summed E-state index contributed by atoms with van der Waals surface area (Å²) in [5.41, 5.74) is 0.